The largest absolute Gasteiger partial charge is 0.355 e. The van der Waals surface area contributed by atoms with Gasteiger partial charge in [-0.05, 0) is 19.3 Å². The Morgan fingerprint density at radius 2 is 2.41 bits per heavy atom. The Balaban J connectivity index is 1.88. The Kier molecular flexibility index (Phi) is 3.78. The first-order chi connectivity index (χ1) is 8.18. The van der Waals surface area contributed by atoms with Gasteiger partial charge in [-0.3, -0.25) is 9.48 Å². The molecule has 0 spiro atoms. The first kappa shape index (κ1) is 12.1. The summed E-state index contributed by atoms with van der Waals surface area (Å²) in [4.78, 5) is 10.7. The zero-order chi connectivity index (χ0) is 12.3. The predicted octanol–water partition coefficient (Wildman–Crippen LogP) is 0.523. The number of fused-ring (bicyclic) bond motifs is 1. The third kappa shape index (κ3) is 2.85. The molecular formula is C12H20N4O. The highest BCUT2D eigenvalue weighted by Gasteiger charge is 2.22. The van der Waals surface area contributed by atoms with Gasteiger partial charge in [-0.2, -0.15) is 5.10 Å². The van der Waals surface area contributed by atoms with Crippen LogP contribution in [0.2, 0.25) is 0 Å². The fourth-order valence-corrected chi connectivity index (χ4v) is 2.40. The molecule has 1 aromatic rings. The normalized spacial score (nSPS) is 18.8. The third-order valence-corrected chi connectivity index (χ3v) is 3.27. The van der Waals surface area contributed by atoms with E-state index < -0.39 is 0 Å². The van der Waals surface area contributed by atoms with Crippen molar-refractivity contribution in [2.24, 2.45) is 7.05 Å². The summed E-state index contributed by atoms with van der Waals surface area (Å²) in [5, 5.41) is 10.6. The Morgan fingerprint density at radius 3 is 3.18 bits per heavy atom. The second-order valence-corrected chi connectivity index (χ2v) is 4.55. The van der Waals surface area contributed by atoms with E-state index in [1.165, 1.54) is 17.7 Å². The molecule has 1 aliphatic rings. The van der Waals surface area contributed by atoms with E-state index in [2.05, 4.69) is 15.7 Å². The molecule has 5 nitrogen and oxygen atoms in total. The van der Waals surface area contributed by atoms with Crippen LogP contribution in [-0.4, -0.2) is 28.8 Å². The number of hydrogen-bond donors (Lipinski definition) is 2. The smallest absolute Gasteiger partial charge is 0.216 e. The Hall–Kier alpha value is -1.36. The first-order valence-corrected chi connectivity index (χ1v) is 6.17. The van der Waals surface area contributed by atoms with Gasteiger partial charge in [0.1, 0.15) is 0 Å². The molecule has 0 aromatic carbocycles. The predicted molar refractivity (Wildman–Crippen MR) is 65.6 cm³/mol. The molecule has 2 N–H and O–H groups in total. The molecule has 1 amide bonds. The van der Waals surface area contributed by atoms with Gasteiger partial charge in [-0.15, -0.1) is 0 Å². The summed E-state index contributed by atoms with van der Waals surface area (Å²) in [7, 11) is 2.00. The fraction of sp³-hybridized carbons (Fsp3) is 0.667. The number of nitrogens with one attached hydrogen (secondary N) is 2. The van der Waals surface area contributed by atoms with Crippen LogP contribution in [0.4, 0.5) is 0 Å². The summed E-state index contributed by atoms with van der Waals surface area (Å²) < 4.78 is 1.97. The molecule has 1 aromatic heterocycles. The number of amides is 1. The summed E-state index contributed by atoms with van der Waals surface area (Å²) in [6, 6.07) is 0.390. The van der Waals surface area contributed by atoms with Crippen molar-refractivity contribution in [3.63, 3.8) is 0 Å². The standard InChI is InChI=1S/C12H20N4O/c1-9(17)13-6-7-14-11-4-3-5-12-10(11)8-15-16(12)2/h8,11,14H,3-7H2,1-2H3,(H,13,17). The number of aryl methyl sites for hydroxylation is 1. The fourth-order valence-electron chi connectivity index (χ4n) is 2.40. The molecule has 2 rings (SSSR count). The molecular weight excluding hydrogens is 216 g/mol. The van der Waals surface area contributed by atoms with Crippen molar-refractivity contribution < 1.29 is 4.79 Å². The molecule has 0 saturated carbocycles. The van der Waals surface area contributed by atoms with Crippen molar-refractivity contribution in [1.29, 1.82) is 0 Å². The maximum absolute atomic E-state index is 10.7. The van der Waals surface area contributed by atoms with Gasteiger partial charge in [-0.25, -0.2) is 0 Å². The van der Waals surface area contributed by atoms with Gasteiger partial charge >= 0.3 is 0 Å². The van der Waals surface area contributed by atoms with E-state index in [1.54, 1.807) is 6.92 Å². The van der Waals surface area contributed by atoms with Gasteiger partial charge in [0.25, 0.3) is 0 Å². The van der Waals surface area contributed by atoms with E-state index in [4.69, 9.17) is 0 Å². The average molecular weight is 236 g/mol. The van der Waals surface area contributed by atoms with Crippen LogP contribution in [0.1, 0.15) is 37.1 Å². The summed E-state index contributed by atoms with van der Waals surface area (Å²) in [6.07, 6.45) is 5.43. The Labute approximate surface area is 102 Å². The van der Waals surface area contributed by atoms with Gasteiger partial charge in [0.2, 0.25) is 5.91 Å². The lowest BCUT2D eigenvalue weighted by Gasteiger charge is -2.23. The molecule has 1 heterocycles. The highest BCUT2D eigenvalue weighted by atomic mass is 16.1. The molecule has 17 heavy (non-hydrogen) atoms. The van der Waals surface area contributed by atoms with E-state index >= 15 is 0 Å². The molecule has 5 heteroatoms. The van der Waals surface area contributed by atoms with Crippen LogP contribution >= 0.6 is 0 Å². The van der Waals surface area contributed by atoms with Crippen LogP contribution in [0, 0.1) is 0 Å². The Bertz CT molecular complexity index is 399. The molecule has 1 unspecified atom stereocenters. The zero-order valence-electron chi connectivity index (χ0n) is 10.5. The van der Waals surface area contributed by atoms with Crippen molar-refractivity contribution in [2.45, 2.75) is 32.2 Å². The maximum atomic E-state index is 10.7. The van der Waals surface area contributed by atoms with Gasteiger partial charge in [-0.1, -0.05) is 0 Å². The molecule has 1 atom stereocenters. The summed E-state index contributed by atoms with van der Waals surface area (Å²) >= 11 is 0. The summed E-state index contributed by atoms with van der Waals surface area (Å²) in [5.41, 5.74) is 2.66. The summed E-state index contributed by atoms with van der Waals surface area (Å²) in [6.45, 7) is 3.03. The van der Waals surface area contributed by atoms with E-state index in [0.717, 1.165) is 19.4 Å². The van der Waals surface area contributed by atoms with Gasteiger partial charge < -0.3 is 10.6 Å². The van der Waals surface area contributed by atoms with Gasteiger partial charge in [0.05, 0.1) is 6.20 Å². The molecule has 0 radical (unpaired) electrons. The van der Waals surface area contributed by atoms with Crippen LogP contribution in [0.15, 0.2) is 6.20 Å². The topological polar surface area (TPSA) is 59.0 Å². The second kappa shape index (κ2) is 5.31. The molecule has 0 bridgehead atoms. The van der Waals surface area contributed by atoms with E-state index in [9.17, 15) is 4.79 Å². The van der Waals surface area contributed by atoms with E-state index in [-0.39, 0.29) is 5.91 Å². The molecule has 0 aliphatic heterocycles. The average Bonchev–Trinajstić information content (AvgIpc) is 2.67. The lowest BCUT2D eigenvalue weighted by Crippen LogP contribution is -2.33. The summed E-state index contributed by atoms with van der Waals surface area (Å²) in [5.74, 6) is 0.0255. The van der Waals surface area contributed by atoms with Crippen LogP contribution in [0.25, 0.3) is 0 Å². The van der Waals surface area contributed by atoms with Crippen LogP contribution in [0.5, 0.6) is 0 Å². The highest BCUT2D eigenvalue weighted by molar-refractivity contribution is 5.72. The van der Waals surface area contributed by atoms with Crippen LogP contribution in [0.3, 0.4) is 0 Å². The van der Waals surface area contributed by atoms with Crippen LogP contribution < -0.4 is 10.6 Å². The minimum Gasteiger partial charge on any atom is -0.355 e. The first-order valence-electron chi connectivity index (χ1n) is 6.17. The van der Waals surface area contributed by atoms with Crippen molar-refractivity contribution in [2.75, 3.05) is 13.1 Å². The Morgan fingerprint density at radius 1 is 1.59 bits per heavy atom. The van der Waals surface area contributed by atoms with Crippen molar-refractivity contribution in [3.05, 3.63) is 17.5 Å². The molecule has 94 valence electrons. The lowest BCUT2D eigenvalue weighted by atomic mass is 9.93. The number of nitrogens with zero attached hydrogens (tertiary/aromatic N) is 2. The maximum Gasteiger partial charge on any atom is 0.216 e. The zero-order valence-corrected chi connectivity index (χ0v) is 10.5. The van der Waals surface area contributed by atoms with Crippen molar-refractivity contribution >= 4 is 5.91 Å². The second-order valence-electron chi connectivity index (χ2n) is 4.55. The SMILES string of the molecule is CC(=O)NCCNC1CCCc2c1cnn2C. The lowest BCUT2D eigenvalue weighted by molar-refractivity contribution is -0.118. The highest BCUT2D eigenvalue weighted by Crippen LogP contribution is 2.28. The number of carbonyl (C=O) groups is 1. The number of carbonyl (C=O) groups excluding carboxylic acids is 1. The number of aromatic nitrogens is 2. The van der Waals surface area contributed by atoms with E-state index in [1.807, 2.05) is 17.9 Å². The minimum absolute atomic E-state index is 0.0255. The quantitative estimate of drug-likeness (QED) is 0.749. The number of rotatable bonds is 4. The van der Waals surface area contributed by atoms with Crippen molar-refractivity contribution in [3.8, 4) is 0 Å². The molecule has 1 aliphatic carbocycles. The number of hydrogen-bond acceptors (Lipinski definition) is 3. The van der Waals surface area contributed by atoms with Gasteiger partial charge in [0.15, 0.2) is 0 Å². The third-order valence-electron chi connectivity index (χ3n) is 3.27. The van der Waals surface area contributed by atoms with E-state index in [0.29, 0.717) is 12.6 Å². The van der Waals surface area contributed by atoms with Crippen LogP contribution in [-0.2, 0) is 18.3 Å². The minimum atomic E-state index is 0.0255. The van der Waals surface area contributed by atoms with Crippen molar-refractivity contribution in [1.82, 2.24) is 20.4 Å². The monoisotopic (exact) mass is 236 g/mol. The molecule has 0 fully saturated rings. The van der Waals surface area contributed by atoms with Gasteiger partial charge in [0, 0.05) is 44.4 Å². The molecule has 0 saturated heterocycles.